The maximum Gasteiger partial charge on any atom is 0.0408 e. The zero-order valence-electron chi connectivity index (χ0n) is 9.25. The molecule has 1 rings (SSSR count). The molecule has 0 radical (unpaired) electrons. The van der Waals surface area contributed by atoms with E-state index in [0.29, 0.717) is 5.75 Å². The number of aryl methyl sites for hydroxylation is 1. The van der Waals surface area contributed by atoms with Gasteiger partial charge in [-0.25, -0.2) is 0 Å². The minimum atomic E-state index is -0.705. The minimum Gasteiger partial charge on any atom is -0.399 e. The first-order valence-corrected chi connectivity index (χ1v) is 6.56. The lowest BCUT2D eigenvalue weighted by Crippen LogP contribution is -2.12. The molecule has 0 fully saturated rings. The smallest absolute Gasteiger partial charge is 0.0408 e. The number of hydrogen-bond acceptors (Lipinski definition) is 3. The molecule has 1 aromatic carbocycles. The average molecular weight is 226 g/mol. The molecule has 0 aliphatic rings. The Morgan fingerprint density at radius 3 is 2.73 bits per heavy atom. The van der Waals surface area contributed by atoms with E-state index < -0.39 is 10.8 Å². The normalized spacial score (nSPS) is 12.4. The molecule has 15 heavy (non-hydrogen) atoms. The Morgan fingerprint density at radius 1 is 1.40 bits per heavy atom. The van der Waals surface area contributed by atoms with Gasteiger partial charge in [0.15, 0.2) is 0 Å². The highest BCUT2D eigenvalue weighted by Gasteiger charge is 1.97. The van der Waals surface area contributed by atoms with Crippen LogP contribution in [0.3, 0.4) is 0 Å². The third kappa shape index (κ3) is 4.34. The van der Waals surface area contributed by atoms with Crippen molar-refractivity contribution in [2.45, 2.75) is 13.8 Å². The Balaban J connectivity index is 2.47. The van der Waals surface area contributed by atoms with Crippen LogP contribution in [0.25, 0.3) is 0 Å². The Morgan fingerprint density at radius 2 is 2.13 bits per heavy atom. The molecule has 4 heteroatoms. The van der Waals surface area contributed by atoms with Crippen LogP contribution in [0, 0.1) is 6.92 Å². The lowest BCUT2D eigenvalue weighted by atomic mass is 10.2. The number of anilines is 2. The first kappa shape index (κ1) is 12.0. The van der Waals surface area contributed by atoms with Gasteiger partial charge in [-0.3, -0.25) is 4.21 Å². The molecule has 0 amide bonds. The van der Waals surface area contributed by atoms with E-state index in [-0.39, 0.29) is 0 Å². The number of rotatable bonds is 5. The number of nitrogen functional groups attached to an aromatic ring is 1. The van der Waals surface area contributed by atoms with Crippen molar-refractivity contribution < 1.29 is 4.21 Å². The lowest BCUT2D eigenvalue weighted by molar-refractivity contribution is 0.684. The number of nitrogens with two attached hydrogens (primary N) is 1. The van der Waals surface area contributed by atoms with Crippen molar-refractivity contribution in [2.75, 3.05) is 29.1 Å². The third-order valence-corrected chi connectivity index (χ3v) is 3.38. The summed E-state index contributed by atoms with van der Waals surface area (Å²) in [7, 11) is -0.705. The highest BCUT2D eigenvalue weighted by atomic mass is 32.2. The molecule has 3 N–H and O–H groups in total. The van der Waals surface area contributed by atoms with Gasteiger partial charge in [0.2, 0.25) is 0 Å². The van der Waals surface area contributed by atoms with Gasteiger partial charge in [0.05, 0.1) is 0 Å². The second-order valence-electron chi connectivity index (χ2n) is 3.49. The van der Waals surface area contributed by atoms with E-state index in [2.05, 4.69) is 5.32 Å². The van der Waals surface area contributed by atoms with Crippen molar-refractivity contribution in [1.82, 2.24) is 0 Å². The molecule has 0 bridgehead atoms. The molecule has 0 saturated carbocycles. The summed E-state index contributed by atoms with van der Waals surface area (Å²) in [5.41, 5.74) is 8.61. The Bertz CT molecular complexity index is 332. The van der Waals surface area contributed by atoms with E-state index in [9.17, 15) is 4.21 Å². The summed E-state index contributed by atoms with van der Waals surface area (Å²) in [5, 5.41) is 3.22. The molecule has 1 unspecified atom stereocenters. The van der Waals surface area contributed by atoms with Crippen LogP contribution in [-0.4, -0.2) is 22.3 Å². The van der Waals surface area contributed by atoms with Crippen molar-refractivity contribution in [3.8, 4) is 0 Å². The van der Waals surface area contributed by atoms with E-state index in [4.69, 9.17) is 5.73 Å². The van der Waals surface area contributed by atoms with Gasteiger partial charge >= 0.3 is 0 Å². The maximum atomic E-state index is 11.2. The summed E-state index contributed by atoms with van der Waals surface area (Å²) in [5.74, 6) is 1.40. The van der Waals surface area contributed by atoms with Crippen LogP contribution < -0.4 is 11.1 Å². The SMILES string of the molecule is CCS(=O)CCNc1cc(C)cc(N)c1. The second kappa shape index (κ2) is 5.75. The van der Waals surface area contributed by atoms with Crippen molar-refractivity contribution in [3.63, 3.8) is 0 Å². The summed E-state index contributed by atoms with van der Waals surface area (Å²) >= 11 is 0. The third-order valence-electron chi connectivity index (χ3n) is 2.08. The predicted molar refractivity (Wildman–Crippen MR) is 67.6 cm³/mol. The lowest BCUT2D eigenvalue weighted by Gasteiger charge is -2.07. The Labute approximate surface area is 93.5 Å². The van der Waals surface area contributed by atoms with Gasteiger partial charge in [0, 0.05) is 40.2 Å². The molecule has 0 aliphatic heterocycles. The first-order chi connectivity index (χ1) is 7.11. The fraction of sp³-hybridized carbons (Fsp3) is 0.455. The highest BCUT2D eigenvalue weighted by Crippen LogP contribution is 2.15. The van der Waals surface area contributed by atoms with Crippen molar-refractivity contribution in [2.24, 2.45) is 0 Å². The van der Waals surface area contributed by atoms with Crippen LogP contribution in [0.4, 0.5) is 11.4 Å². The van der Waals surface area contributed by atoms with Crippen LogP contribution in [0.2, 0.25) is 0 Å². The van der Waals surface area contributed by atoms with Crippen molar-refractivity contribution in [1.29, 1.82) is 0 Å². The van der Waals surface area contributed by atoms with Crippen LogP contribution in [0.1, 0.15) is 12.5 Å². The zero-order chi connectivity index (χ0) is 11.3. The van der Waals surface area contributed by atoms with E-state index in [1.807, 2.05) is 32.0 Å². The monoisotopic (exact) mass is 226 g/mol. The van der Waals surface area contributed by atoms with Gasteiger partial charge in [-0.15, -0.1) is 0 Å². The van der Waals surface area contributed by atoms with Crippen LogP contribution in [0.5, 0.6) is 0 Å². The fourth-order valence-corrected chi connectivity index (χ4v) is 1.99. The van der Waals surface area contributed by atoms with Gasteiger partial charge in [-0.1, -0.05) is 6.92 Å². The minimum absolute atomic E-state index is 0.685. The van der Waals surface area contributed by atoms with Gasteiger partial charge in [0.1, 0.15) is 0 Å². The van der Waals surface area contributed by atoms with E-state index >= 15 is 0 Å². The molecule has 3 nitrogen and oxygen atoms in total. The molecule has 1 atom stereocenters. The van der Waals surface area contributed by atoms with Crippen LogP contribution in [0.15, 0.2) is 18.2 Å². The summed E-state index contributed by atoms with van der Waals surface area (Å²) in [6, 6.07) is 5.85. The Hall–Kier alpha value is -1.03. The Kier molecular flexibility index (Phi) is 4.62. The summed E-state index contributed by atoms with van der Waals surface area (Å²) in [4.78, 5) is 0. The fourth-order valence-electron chi connectivity index (χ4n) is 1.37. The highest BCUT2D eigenvalue weighted by molar-refractivity contribution is 7.84. The van der Waals surface area contributed by atoms with Gasteiger partial charge in [-0.2, -0.15) is 0 Å². The van der Waals surface area contributed by atoms with Gasteiger partial charge in [-0.05, 0) is 30.7 Å². The van der Waals surface area contributed by atoms with Crippen LogP contribution in [-0.2, 0) is 10.8 Å². The van der Waals surface area contributed by atoms with Gasteiger partial charge < -0.3 is 11.1 Å². The predicted octanol–water partition coefficient (Wildman–Crippen LogP) is 1.76. The van der Waals surface area contributed by atoms with Crippen molar-refractivity contribution in [3.05, 3.63) is 23.8 Å². The maximum absolute atomic E-state index is 11.2. The standard InChI is InChI=1S/C11H18N2OS/c1-3-15(14)5-4-13-11-7-9(2)6-10(12)8-11/h6-8,13H,3-5,12H2,1-2H3. The van der Waals surface area contributed by atoms with Crippen molar-refractivity contribution >= 4 is 22.2 Å². The summed E-state index contributed by atoms with van der Waals surface area (Å²) < 4.78 is 11.2. The van der Waals surface area contributed by atoms with Crippen LogP contribution >= 0.6 is 0 Å². The molecule has 0 spiro atoms. The molecular formula is C11H18N2OS. The summed E-state index contributed by atoms with van der Waals surface area (Å²) in [6.07, 6.45) is 0. The van der Waals surface area contributed by atoms with E-state index in [0.717, 1.165) is 29.2 Å². The zero-order valence-corrected chi connectivity index (χ0v) is 10.1. The molecule has 0 saturated heterocycles. The average Bonchev–Trinajstić information content (AvgIpc) is 2.16. The molecular weight excluding hydrogens is 208 g/mol. The van der Waals surface area contributed by atoms with Gasteiger partial charge in [0.25, 0.3) is 0 Å². The number of benzene rings is 1. The molecule has 0 aromatic heterocycles. The first-order valence-electron chi connectivity index (χ1n) is 5.08. The number of hydrogen-bond donors (Lipinski definition) is 2. The largest absolute Gasteiger partial charge is 0.399 e. The second-order valence-corrected chi connectivity index (χ2v) is 5.36. The molecule has 1 aromatic rings. The molecule has 84 valence electrons. The van der Waals surface area contributed by atoms with E-state index in [1.165, 1.54) is 0 Å². The van der Waals surface area contributed by atoms with E-state index in [1.54, 1.807) is 0 Å². The number of nitrogens with one attached hydrogen (secondary N) is 1. The molecule has 0 heterocycles. The quantitative estimate of drug-likeness (QED) is 0.752. The molecule has 0 aliphatic carbocycles. The topological polar surface area (TPSA) is 55.1 Å². The summed E-state index contributed by atoms with van der Waals surface area (Å²) in [6.45, 7) is 4.66.